The number of hydrogen-bond donors (Lipinski definition) is 2. The van der Waals surface area contributed by atoms with Crippen LogP contribution < -0.4 is 10.1 Å². The van der Waals surface area contributed by atoms with Crippen molar-refractivity contribution < 1.29 is 19.1 Å². The Morgan fingerprint density at radius 1 is 1.00 bits per heavy atom. The minimum Gasteiger partial charge on any atom is -0.489 e. The average Bonchev–Trinajstić information content (AvgIpc) is 3.49. The molecule has 7 rings (SSSR count). The molecule has 2 aromatic heterocycles. The van der Waals surface area contributed by atoms with Gasteiger partial charge >= 0.3 is 0 Å². The molecule has 4 aliphatic rings. The largest absolute Gasteiger partial charge is 0.489 e. The summed E-state index contributed by atoms with van der Waals surface area (Å²) in [5.41, 5.74) is 3.80. The van der Waals surface area contributed by atoms with Crippen molar-refractivity contribution in [2.75, 3.05) is 13.1 Å². The summed E-state index contributed by atoms with van der Waals surface area (Å²) in [6.07, 6.45) is 9.08. The van der Waals surface area contributed by atoms with Gasteiger partial charge in [0.25, 0.3) is 5.91 Å². The third-order valence-electron chi connectivity index (χ3n) is 8.76. The van der Waals surface area contributed by atoms with Crippen LogP contribution >= 0.6 is 0 Å². The van der Waals surface area contributed by atoms with E-state index in [1.54, 1.807) is 4.90 Å². The molecular formula is C29H31N5O4. The number of carbonyl (C=O) groups excluding carboxylic acids is 3. The first-order chi connectivity index (χ1) is 18.5. The van der Waals surface area contributed by atoms with E-state index in [1.807, 2.05) is 30.6 Å². The van der Waals surface area contributed by atoms with E-state index in [4.69, 9.17) is 4.74 Å². The summed E-state index contributed by atoms with van der Waals surface area (Å²) in [6, 6.07) is 9.70. The lowest BCUT2D eigenvalue weighted by molar-refractivity contribution is -0.136. The van der Waals surface area contributed by atoms with Gasteiger partial charge in [0, 0.05) is 61.4 Å². The molecule has 0 bridgehead atoms. The lowest BCUT2D eigenvalue weighted by Crippen LogP contribution is -2.57. The summed E-state index contributed by atoms with van der Waals surface area (Å²) in [7, 11) is 0. The van der Waals surface area contributed by atoms with Gasteiger partial charge in [-0.1, -0.05) is 6.42 Å². The normalized spacial score (nSPS) is 26.4. The van der Waals surface area contributed by atoms with Gasteiger partial charge in [-0.25, -0.2) is 4.98 Å². The minimum absolute atomic E-state index is 0.107. The quantitative estimate of drug-likeness (QED) is 0.508. The number of likely N-dealkylation sites (tertiary alicyclic amines) is 1. The SMILES string of the molecule is O=C1CC[C@H](N2Cc3cc(O[C@H]4CCCC[C@H]4N4CC(c5ccnc6[nH]ccc56)C4)ccc3C2=O)C(=O)N1. The highest BCUT2D eigenvalue weighted by Crippen LogP contribution is 2.38. The van der Waals surface area contributed by atoms with E-state index in [1.165, 1.54) is 17.4 Å². The van der Waals surface area contributed by atoms with Gasteiger partial charge in [-0.2, -0.15) is 0 Å². The highest BCUT2D eigenvalue weighted by Gasteiger charge is 2.41. The maximum Gasteiger partial charge on any atom is 0.255 e. The number of aromatic nitrogens is 2. The molecular weight excluding hydrogens is 482 g/mol. The fraction of sp³-hybridized carbons (Fsp3) is 0.448. The zero-order chi connectivity index (χ0) is 25.8. The number of fused-ring (bicyclic) bond motifs is 2. The topological polar surface area (TPSA) is 108 Å². The molecule has 3 amide bonds. The first kappa shape index (κ1) is 23.4. The first-order valence-corrected chi connectivity index (χ1v) is 13.7. The van der Waals surface area contributed by atoms with Crippen molar-refractivity contribution in [2.24, 2.45) is 0 Å². The molecule has 0 unspecified atom stereocenters. The van der Waals surface area contributed by atoms with Crippen molar-refractivity contribution in [1.29, 1.82) is 0 Å². The maximum absolute atomic E-state index is 13.0. The number of nitrogens with zero attached hydrogens (tertiary/aromatic N) is 3. The van der Waals surface area contributed by atoms with Crippen molar-refractivity contribution in [1.82, 2.24) is 25.1 Å². The number of rotatable bonds is 5. The standard InChI is InChI=1S/C29H31N5O4/c35-26-8-7-24(28(36)32-26)34-16-17-13-19(5-6-21(17)29(34)37)38-25-4-2-1-3-23(25)33-14-18(15-33)20-9-11-30-27-22(20)10-12-31-27/h5-6,9-13,18,23-25H,1-4,7-8,14-16H2,(H,30,31)(H,32,35,36)/t23-,24+,25+/m1/s1. The highest BCUT2D eigenvalue weighted by atomic mass is 16.5. The Morgan fingerprint density at radius 2 is 1.87 bits per heavy atom. The van der Waals surface area contributed by atoms with Crippen LogP contribution in [0.15, 0.2) is 42.7 Å². The first-order valence-electron chi connectivity index (χ1n) is 13.7. The Balaban J connectivity index is 1.03. The third kappa shape index (κ3) is 3.96. The Kier molecular flexibility index (Phi) is 5.69. The minimum atomic E-state index is -0.605. The van der Waals surface area contributed by atoms with Crippen LogP contribution in [0.2, 0.25) is 0 Å². The molecule has 9 heteroatoms. The van der Waals surface area contributed by atoms with Gasteiger partial charge in [0.05, 0.1) is 0 Å². The fourth-order valence-corrected chi connectivity index (χ4v) is 6.75. The summed E-state index contributed by atoms with van der Waals surface area (Å²) >= 11 is 0. The van der Waals surface area contributed by atoms with Crippen LogP contribution in [0.1, 0.15) is 65.9 Å². The average molecular weight is 514 g/mol. The Labute approximate surface area is 220 Å². The van der Waals surface area contributed by atoms with E-state index < -0.39 is 6.04 Å². The summed E-state index contributed by atoms with van der Waals surface area (Å²) < 4.78 is 6.59. The number of ether oxygens (including phenoxy) is 1. The predicted molar refractivity (Wildman–Crippen MR) is 140 cm³/mol. The van der Waals surface area contributed by atoms with E-state index in [0.717, 1.165) is 49.3 Å². The second-order valence-electron chi connectivity index (χ2n) is 11.0. The van der Waals surface area contributed by atoms with Crippen LogP contribution in [0.4, 0.5) is 0 Å². The van der Waals surface area contributed by atoms with Crippen molar-refractivity contribution in [3.63, 3.8) is 0 Å². The molecule has 9 nitrogen and oxygen atoms in total. The zero-order valence-corrected chi connectivity index (χ0v) is 21.2. The molecule has 3 fully saturated rings. The summed E-state index contributed by atoms with van der Waals surface area (Å²) in [5, 5.41) is 3.58. The number of pyridine rings is 1. The predicted octanol–water partition coefficient (Wildman–Crippen LogP) is 3.11. The molecule has 3 aromatic rings. The van der Waals surface area contributed by atoms with Crippen molar-refractivity contribution in [2.45, 2.75) is 69.2 Å². The fourth-order valence-electron chi connectivity index (χ4n) is 6.75. The number of aromatic amines is 1. The number of benzene rings is 1. The second-order valence-corrected chi connectivity index (χ2v) is 11.0. The zero-order valence-electron chi connectivity index (χ0n) is 21.2. The molecule has 196 valence electrons. The Hall–Kier alpha value is -3.72. The number of amides is 3. The van der Waals surface area contributed by atoms with Crippen molar-refractivity contribution in [3.8, 4) is 5.75 Å². The van der Waals surface area contributed by atoms with E-state index in [0.29, 0.717) is 30.5 Å². The van der Waals surface area contributed by atoms with Gasteiger partial charge in [-0.3, -0.25) is 24.6 Å². The second kappa shape index (κ2) is 9.23. The van der Waals surface area contributed by atoms with Crippen LogP contribution in [0.25, 0.3) is 11.0 Å². The number of carbonyl (C=O) groups is 3. The van der Waals surface area contributed by atoms with Gasteiger partial charge in [0.1, 0.15) is 23.5 Å². The summed E-state index contributed by atoms with van der Waals surface area (Å²) in [6.45, 7) is 2.40. The summed E-state index contributed by atoms with van der Waals surface area (Å²) in [4.78, 5) is 48.7. The molecule has 3 atom stereocenters. The molecule has 38 heavy (non-hydrogen) atoms. The smallest absolute Gasteiger partial charge is 0.255 e. The van der Waals surface area contributed by atoms with E-state index in [-0.39, 0.29) is 30.2 Å². The van der Waals surface area contributed by atoms with E-state index in [9.17, 15) is 14.4 Å². The maximum atomic E-state index is 13.0. The lowest BCUT2D eigenvalue weighted by atomic mass is 9.84. The molecule has 2 N–H and O–H groups in total. The van der Waals surface area contributed by atoms with Crippen molar-refractivity contribution >= 4 is 28.8 Å². The number of piperidine rings is 1. The van der Waals surface area contributed by atoms with Crippen LogP contribution in [0.3, 0.4) is 0 Å². The molecule has 2 saturated heterocycles. The number of hydrogen-bond acceptors (Lipinski definition) is 6. The Morgan fingerprint density at radius 3 is 2.74 bits per heavy atom. The monoisotopic (exact) mass is 513 g/mol. The molecule has 1 saturated carbocycles. The molecule has 1 aliphatic carbocycles. The third-order valence-corrected chi connectivity index (χ3v) is 8.76. The van der Waals surface area contributed by atoms with Gasteiger partial charge in [0.15, 0.2) is 0 Å². The van der Waals surface area contributed by atoms with Gasteiger partial charge in [-0.15, -0.1) is 0 Å². The highest BCUT2D eigenvalue weighted by molar-refractivity contribution is 6.05. The van der Waals surface area contributed by atoms with Gasteiger partial charge < -0.3 is 14.6 Å². The lowest BCUT2D eigenvalue weighted by Gasteiger charge is -2.48. The molecule has 3 aliphatic heterocycles. The van der Waals surface area contributed by atoms with E-state index in [2.05, 4.69) is 32.3 Å². The number of nitrogens with one attached hydrogen (secondary N) is 2. The molecule has 0 spiro atoms. The van der Waals surface area contributed by atoms with Crippen molar-refractivity contribution in [3.05, 3.63) is 59.4 Å². The van der Waals surface area contributed by atoms with Gasteiger partial charge in [0.2, 0.25) is 11.8 Å². The van der Waals surface area contributed by atoms with Crippen LogP contribution in [0, 0.1) is 0 Å². The molecule has 1 aromatic carbocycles. The van der Waals surface area contributed by atoms with E-state index >= 15 is 0 Å². The number of H-pyrrole nitrogens is 1. The van der Waals surface area contributed by atoms with Gasteiger partial charge in [-0.05, 0) is 67.1 Å². The van der Waals surface area contributed by atoms with Crippen LogP contribution in [-0.2, 0) is 16.1 Å². The summed E-state index contributed by atoms with van der Waals surface area (Å²) in [5.74, 6) is 0.457. The number of imide groups is 1. The molecule has 5 heterocycles. The van der Waals surface area contributed by atoms with Crippen LogP contribution in [-0.4, -0.2) is 68.8 Å². The molecule has 0 radical (unpaired) electrons. The van der Waals surface area contributed by atoms with Crippen LogP contribution in [0.5, 0.6) is 5.75 Å². The Bertz CT molecular complexity index is 1430.